The Kier molecular flexibility index (Phi) is 4.99. The second-order valence-electron chi connectivity index (χ2n) is 6.06. The Labute approximate surface area is 126 Å². The summed E-state index contributed by atoms with van der Waals surface area (Å²) in [5, 5.41) is 5.90. The van der Waals surface area contributed by atoms with Crippen LogP contribution in [0.3, 0.4) is 0 Å². The zero-order valence-corrected chi connectivity index (χ0v) is 13.0. The largest absolute Gasteiger partial charge is 0.353 e. The highest BCUT2D eigenvalue weighted by molar-refractivity contribution is 5.79. The summed E-state index contributed by atoms with van der Waals surface area (Å²) >= 11 is 0. The quantitative estimate of drug-likeness (QED) is 0.845. The summed E-state index contributed by atoms with van der Waals surface area (Å²) < 4.78 is 0. The molecular weight excluding hydrogens is 264 g/mol. The summed E-state index contributed by atoms with van der Waals surface area (Å²) in [5.41, 5.74) is 2.12. The van der Waals surface area contributed by atoms with E-state index in [0.717, 1.165) is 11.1 Å². The van der Waals surface area contributed by atoms with Crippen LogP contribution in [0.2, 0.25) is 0 Å². The highest BCUT2D eigenvalue weighted by atomic mass is 16.2. The molecule has 1 aliphatic carbocycles. The second kappa shape index (κ2) is 6.74. The number of carbonyl (C=O) groups is 2. The molecule has 0 bridgehead atoms. The molecule has 4 heteroatoms. The predicted octanol–water partition coefficient (Wildman–Crippen LogP) is 2.48. The van der Waals surface area contributed by atoms with Gasteiger partial charge in [0.2, 0.25) is 11.8 Å². The maximum absolute atomic E-state index is 12.2. The lowest BCUT2D eigenvalue weighted by molar-refractivity contribution is -0.123. The van der Waals surface area contributed by atoms with Crippen molar-refractivity contribution in [1.82, 2.24) is 10.6 Å². The molecule has 1 fully saturated rings. The van der Waals surface area contributed by atoms with Crippen molar-refractivity contribution in [3.63, 3.8) is 0 Å². The minimum absolute atomic E-state index is 0.00581. The lowest BCUT2D eigenvalue weighted by Gasteiger charge is -2.20. The van der Waals surface area contributed by atoms with E-state index >= 15 is 0 Å². The summed E-state index contributed by atoms with van der Waals surface area (Å²) in [7, 11) is 0. The average molecular weight is 288 g/mol. The van der Waals surface area contributed by atoms with Crippen LogP contribution in [0.15, 0.2) is 24.3 Å². The topological polar surface area (TPSA) is 58.2 Å². The number of hydrogen-bond donors (Lipinski definition) is 2. The van der Waals surface area contributed by atoms with Crippen LogP contribution < -0.4 is 10.6 Å². The number of hydrogen-bond acceptors (Lipinski definition) is 2. The van der Waals surface area contributed by atoms with Crippen LogP contribution in [0.25, 0.3) is 0 Å². The van der Waals surface area contributed by atoms with Gasteiger partial charge in [-0.3, -0.25) is 9.59 Å². The van der Waals surface area contributed by atoms with E-state index in [1.54, 1.807) is 0 Å². The van der Waals surface area contributed by atoms with Crippen LogP contribution in [0, 0.1) is 12.8 Å². The molecule has 4 nitrogen and oxygen atoms in total. The lowest BCUT2D eigenvalue weighted by atomic mass is 10.0. The van der Waals surface area contributed by atoms with Crippen molar-refractivity contribution in [3.05, 3.63) is 35.4 Å². The van der Waals surface area contributed by atoms with Gasteiger partial charge in [-0.1, -0.05) is 29.8 Å². The van der Waals surface area contributed by atoms with E-state index < -0.39 is 0 Å². The molecule has 0 spiro atoms. The fraction of sp³-hybridized carbons (Fsp3) is 0.529. The summed E-state index contributed by atoms with van der Waals surface area (Å²) in [5.74, 6) is 0.505. The average Bonchev–Trinajstić information content (AvgIpc) is 3.22. The smallest absolute Gasteiger partial charge is 0.222 e. The molecule has 2 rings (SSSR count). The SMILES string of the molecule is CC(=O)N[C@@H](CC(=O)N[C@@H](C)C1CC1)c1ccc(C)cc1. The highest BCUT2D eigenvalue weighted by Crippen LogP contribution is 2.32. The van der Waals surface area contributed by atoms with E-state index in [1.165, 1.54) is 19.8 Å². The standard InChI is InChI=1S/C17H24N2O2/c1-11-4-6-15(7-5-11)16(19-13(3)20)10-17(21)18-12(2)14-8-9-14/h4-7,12,14,16H,8-10H2,1-3H3,(H,18,21)(H,19,20)/t12-,16-/m0/s1. The molecule has 2 atom stereocenters. The van der Waals surface area contributed by atoms with Crippen LogP contribution in [0.4, 0.5) is 0 Å². The second-order valence-corrected chi connectivity index (χ2v) is 6.06. The van der Waals surface area contributed by atoms with Crippen LogP contribution in [-0.4, -0.2) is 17.9 Å². The van der Waals surface area contributed by atoms with Gasteiger partial charge >= 0.3 is 0 Å². The van der Waals surface area contributed by atoms with Crippen LogP contribution >= 0.6 is 0 Å². The maximum atomic E-state index is 12.2. The van der Waals surface area contributed by atoms with Crippen molar-refractivity contribution >= 4 is 11.8 Å². The van der Waals surface area contributed by atoms with Crippen molar-refractivity contribution in [2.24, 2.45) is 5.92 Å². The molecule has 21 heavy (non-hydrogen) atoms. The molecule has 0 heterocycles. The van der Waals surface area contributed by atoms with Gasteiger partial charge in [0, 0.05) is 13.0 Å². The van der Waals surface area contributed by atoms with E-state index in [-0.39, 0.29) is 30.3 Å². The fourth-order valence-electron chi connectivity index (χ4n) is 2.51. The number of aryl methyl sites for hydroxylation is 1. The molecule has 0 radical (unpaired) electrons. The molecule has 1 saturated carbocycles. The Balaban J connectivity index is 1.99. The third-order valence-corrected chi connectivity index (χ3v) is 3.96. The maximum Gasteiger partial charge on any atom is 0.222 e. The molecule has 1 aromatic rings. The van der Waals surface area contributed by atoms with Crippen molar-refractivity contribution in [1.29, 1.82) is 0 Å². The van der Waals surface area contributed by atoms with Crippen molar-refractivity contribution in [2.45, 2.75) is 52.1 Å². The molecule has 2 N–H and O–H groups in total. The third-order valence-electron chi connectivity index (χ3n) is 3.96. The van der Waals surface area contributed by atoms with E-state index in [4.69, 9.17) is 0 Å². The zero-order valence-electron chi connectivity index (χ0n) is 13.0. The molecule has 114 valence electrons. The lowest BCUT2D eigenvalue weighted by Crippen LogP contribution is -2.37. The van der Waals surface area contributed by atoms with Gasteiger partial charge in [-0.2, -0.15) is 0 Å². The Bertz CT molecular complexity index is 506. The Hall–Kier alpha value is -1.84. The first kappa shape index (κ1) is 15.5. The highest BCUT2D eigenvalue weighted by Gasteiger charge is 2.29. The first-order valence-electron chi connectivity index (χ1n) is 7.58. The zero-order chi connectivity index (χ0) is 15.4. The number of benzene rings is 1. The van der Waals surface area contributed by atoms with Gasteiger partial charge in [0.15, 0.2) is 0 Å². The number of nitrogens with one attached hydrogen (secondary N) is 2. The number of carbonyl (C=O) groups excluding carboxylic acids is 2. The van der Waals surface area contributed by atoms with Crippen LogP contribution in [0.5, 0.6) is 0 Å². The Morgan fingerprint density at radius 2 is 1.81 bits per heavy atom. The molecule has 1 aromatic carbocycles. The van der Waals surface area contributed by atoms with Gasteiger partial charge < -0.3 is 10.6 Å². The van der Waals surface area contributed by atoms with Gasteiger partial charge in [0.05, 0.1) is 12.5 Å². The van der Waals surface area contributed by atoms with E-state index in [1.807, 2.05) is 31.2 Å². The summed E-state index contributed by atoms with van der Waals surface area (Å²) in [6.07, 6.45) is 2.68. The van der Waals surface area contributed by atoms with Crippen LogP contribution in [-0.2, 0) is 9.59 Å². The molecule has 0 unspecified atom stereocenters. The van der Waals surface area contributed by atoms with Gasteiger partial charge in [-0.25, -0.2) is 0 Å². The van der Waals surface area contributed by atoms with E-state index in [0.29, 0.717) is 5.92 Å². The summed E-state index contributed by atoms with van der Waals surface area (Å²) in [6.45, 7) is 5.54. The molecule has 1 aliphatic rings. The van der Waals surface area contributed by atoms with Crippen molar-refractivity contribution in [2.75, 3.05) is 0 Å². The Morgan fingerprint density at radius 3 is 2.33 bits per heavy atom. The third kappa shape index (κ3) is 4.88. The first-order chi connectivity index (χ1) is 9.95. The monoisotopic (exact) mass is 288 g/mol. The molecule has 0 aliphatic heterocycles. The first-order valence-corrected chi connectivity index (χ1v) is 7.58. The summed E-state index contributed by atoms with van der Waals surface area (Å²) in [4.78, 5) is 23.5. The molecule has 0 saturated heterocycles. The van der Waals surface area contributed by atoms with Gasteiger partial charge in [0.25, 0.3) is 0 Å². The normalized spacial score (nSPS) is 16.9. The summed E-state index contributed by atoms with van der Waals surface area (Å²) in [6, 6.07) is 7.88. The van der Waals surface area contributed by atoms with Gasteiger partial charge in [-0.05, 0) is 38.2 Å². The van der Waals surface area contributed by atoms with Crippen molar-refractivity contribution in [3.8, 4) is 0 Å². The van der Waals surface area contributed by atoms with Crippen molar-refractivity contribution < 1.29 is 9.59 Å². The van der Waals surface area contributed by atoms with Gasteiger partial charge in [-0.15, -0.1) is 0 Å². The predicted molar refractivity (Wildman–Crippen MR) is 82.7 cm³/mol. The number of amides is 2. The fourth-order valence-corrected chi connectivity index (χ4v) is 2.51. The van der Waals surface area contributed by atoms with E-state index in [2.05, 4.69) is 17.6 Å². The number of rotatable bonds is 6. The molecule has 2 amide bonds. The Morgan fingerprint density at radius 1 is 1.19 bits per heavy atom. The minimum atomic E-state index is -0.269. The van der Waals surface area contributed by atoms with E-state index in [9.17, 15) is 9.59 Å². The van der Waals surface area contributed by atoms with Gasteiger partial charge in [0.1, 0.15) is 0 Å². The minimum Gasteiger partial charge on any atom is -0.353 e. The molecule has 0 aromatic heterocycles. The molecular formula is C17H24N2O2. The van der Waals surface area contributed by atoms with Crippen LogP contribution in [0.1, 0.15) is 50.3 Å².